The van der Waals surface area contributed by atoms with Crippen molar-refractivity contribution in [2.24, 2.45) is 0 Å². The maximum absolute atomic E-state index is 4.55. The number of rotatable bonds is 6. The van der Waals surface area contributed by atoms with E-state index in [0.717, 1.165) is 24.5 Å². The fourth-order valence-corrected chi connectivity index (χ4v) is 2.94. The van der Waals surface area contributed by atoms with Crippen LogP contribution in [0.15, 0.2) is 18.7 Å². The summed E-state index contributed by atoms with van der Waals surface area (Å²) in [5.74, 6) is 0. The monoisotopic (exact) mass is 264 g/mol. The molecule has 4 nitrogen and oxygen atoms in total. The second-order valence-electron chi connectivity index (χ2n) is 4.50. The normalized spacial score (nSPS) is 12.8. The Morgan fingerprint density at radius 2 is 2.33 bits per heavy atom. The number of aromatic nitrogens is 3. The van der Waals surface area contributed by atoms with Crippen molar-refractivity contribution in [3.8, 4) is 0 Å². The molecule has 0 bridgehead atoms. The Balaban J connectivity index is 1.86. The number of nitrogens with zero attached hydrogens (tertiary/aromatic N) is 3. The molecular weight excluding hydrogens is 244 g/mol. The molecule has 98 valence electrons. The van der Waals surface area contributed by atoms with Crippen LogP contribution in [0.1, 0.15) is 29.4 Å². The summed E-state index contributed by atoms with van der Waals surface area (Å²) in [5.41, 5.74) is 1.24. The summed E-state index contributed by atoms with van der Waals surface area (Å²) in [6.45, 7) is 8.28. The minimum Gasteiger partial charge on any atom is -0.336 e. The molecule has 0 aliphatic carbocycles. The molecule has 2 aromatic heterocycles. The summed E-state index contributed by atoms with van der Waals surface area (Å²) in [7, 11) is 0. The molecule has 2 aromatic rings. The van der Waals surface area contributed by atoms with Gasteiger partial charge in [0, 0.05) is 36.4 Å². The van der Waals surface area contributed by atoms with E-state index in [-0.39, 0.29) is 0 Å². The van der Waals surface area contributed by atoms with Gasteiger partial charge in [-0.05, 0) is 20.3 Å². The molecule has 2 heterocycles. The maximum atomic E-state index is 4.55. The van der Waals surface area contributed by atoms with Gasteiger partial charge in [0.05, 0.1) is 17.0 Å². The zero-order chi connectivity index (χ0) is 13.0. The van der Waals surface area contributed by atoms with E-state index < -0.39 is 0 Å². The number of aryl methyl sites for hydroxylation is 2. The number of thiazole rings is 1. The molecule has 18 heavy (non-hydrogen) atoms. The van der Waals surface area contributed by atoms with E-state index in [1.807, 2.05) is 18.7 Å². The molecule has 1 N–H and O–H groups in total. The maximum Gasteiger partial charge on any atom is 0.0946 e. The molecule has 0 aliphatic heterocycles. The first-order chi connectivity index (χ1) is 8.69. The van der Waals surface area contributed by atoms with E-state index >= 15 is 0 Å². The van der Waals surface area contributed by atoms with Crippen molar-refractivity contribution < 1.29 is 0 Å². The Labute approximate surface area is 112 Å². The molecular formula is C13H20N4S. The molecule has 0 aromatic carbocycles. The zero-order valence-electron chi connectivity index (χ0n) is 11.2. The Morgan fingerprint density at radius 1 is 1.50 bits per heavy atom. The predicted molar refractivity (Wildman–Crippen MR) is 74.8 cm³/mol. The summed E-state index contributed by atoms with van der Waals surface area (Å²) in [4.78, 5) is 9.97. The molecule has 0 spiro atoms. The van der Waals surface area contributed by atoms with Crippen molar-refractivity contribution in [3.63, 3.8) is 0 Å². The molecule has 0 unspecified atom stereocenters. The van der Waals surface area contributed by atoms with E-state index in [1.165, 1.54) is 10.6 Å². The number of nitrogens with one attached hydrogen (secondary N) is 1. The average molecular weight is 264 g/mol. The van der Waals surface area contributed by atoms with Gasteiger partial charge in [-0.2, -0.15) is 0 Å². The zero-order valence-corrected chi connectivity index (χ0v) is 12.0. The van der Waals surface area contributed by atoms with Crippen LogP contribution in [0.25, 0.3) is 0 Å². The van der Waals surface area contributed by atoms with E-state index in [1.54, 1.807) is 11.3 Å². The SMILES string of the molecule is CCc1nc(C)sc1CN[C@@H](C)Cn1ccnc1. The molecule has 5 heteroatoms. The highest BCUT2D eigenvalue weighted by atomic mass is 32.1. The first kappa shape index (κ1) is 13.2. The summed E-state index contributed by atoms with van der Waals surface area (Å²) < 4.78 is 2.09. The van der Waals surface area contributed by atoms with E-state index in [2.05, 4.69) is 40.6 Å². The molecule has 0 fully saturated rings. The third-order valence-corrected chi connectivity index (χ3v) is 3.89. The molecule has 0 amide bonds. The van der Waals surface area contributed by atoms with Gasteiger partial charge in [0.1, 0.15) is 0 Å². The first-order valence-corrected chi connectivity index (χ1v) is 7.15. The van der Waals surface area contributed by atoms with Gasteiger partial charge in [-0.15, -0.1) is 11.3 Å². The van der Waals surface area contributed by atoms with Crippen LogP contribution in [0.5, 0.6) is 0 Å². The summed E-state index contributed by atoms with van der Waals surface area (Å²) in [5, 5.41) is 4.71. The standard InChI is InChI=1S/C13H20N4S/c1-4-12-13(18-11(3)16-12)7-15-10(2)8-17-6-5-14-9-17/h5-6,9-10,15H,4,7-8H2,1-3H3/t10-/m0/s1. The second kappa shape index (κ2) is 6.11. The molecule has 0 saturated carbocycles. The van der Waals surface area contributed by atoms with Crippen molar-refractivity contribution >= 4 is 11.3 Å². The number of hydrogen-bond acceptors (Lipinski definition) is 4. The van der Waals surface area contributed by atoms with Gasteiger partial charge in [-0.1, -0.05) is 6.92 Å². The summed E-state index contributed by atoms with van der Waals surface area (Å²) >= 11 is 1.80. The second-order valence-corrected chi connectivity index (χ2v) is 5.79. The minimum atomic E-state index is 0.423. The van der Waals surface area contributed by atoms with Gasteiger partial charge in [0.2, 0.25) is 0 Å². The summed E-state index contributed by atoms with van der Waals surface area (Å²) in [6, 6.07) is 0.423. The van der Waals surface area contributed by atoms with Crippen molar-refractivity contribution in [1.29, 1.82) is 0 Å². The lowest BCUT2D eigenvalue weighted by Gasteiger charge is -2.13. The molecule has 1 atom stereocenters. The highest BCUT2D eigenvalue weighted by Gasteiger charge is 2.09. The van der Waals surface area contributed by atoms with Crippen LogP contribution in [0.3, 0.4) is 0 Å². The lowest BCUT2D eigenvalue weighted by atomic mass is 10.2. The molecule has 0 aliphatic rings. The summed E-state index contributed by atoms with van der Waals surface area (Å²) in [6.07, 6.45) is 6.67. The smallest absolute Gasteiger partial charge is 0.0946 e. The topological polar surface area (TPSA) is 42.7 Å². The van der Waals surface area contributed by atoms with Crippen LogP contribution in [0.4, 0.5) is 0 Å². The largest absolute Gasteiger partial charge is 0.336 e. The molecule has 2 rings (SSSR count). The Bertz CT molecular complexity index is 475. The Morgan fingerprint density at radius 3 is 3.00 bits per heavy atom. The Hall–Kier alpha value is -1.20. The predicted octanol–water partition coefficient (Wildman–Crippen LogP) is 2.39. The van der Waals surface area contributed by atoms with Crippen molar-refractivity contribution in [2.45, 2.75) is 46.3 Å². The molecule has 0 radical (unpaired) electrons. The van der Waals surface area contributed by atoms with Gasteiger partial charge < -0.3 is 9.88 Å². The van der Waals surface area contributed by atoms with Crippen molar-refractivity contribution in [1.82, 2.24) is 19.9 Å². The quantitative estimate of drug-likeness (QED) is 0.871. The third-order valence-electron chi connectivity index (χ3n) is 2.88. The highest BCUT2D eigenvalue weighted by molar-refractivity contribution is 7.11. The van der Waals surface area contributed by atoms with Gasteiger partial charge in [0.15, 0.2) is 0 Å². The average Bonchev–Trinajstić information content (AvgIpc) is 2.95. The third kappa shape index (κ3) is 3.40. The van der Waals surface area contributed by atoms with E-state index in [4.69, 9.17) is 0 Å². The van der Waals surface area contributed by atoms with Gasteiger partial charge in [-0.3, -0.25) is 0 Å². The lowest BCUT2D eigenvalue weighted by molar-refractivity contribution is 0.477. The first-order valence-electron chi connectivity index (χ1n) is 6.33. The van der Waals surface area contributed by atoms with Crippen LogP contribution >= 0.6 is 11.3 Å². The lowest BCUT2D eigenvalue weighted by Crippen LogP contribution is -2.29. The number of imidazole rings is 1. The van der Waals surface area contributed by atoms with E-state index in [0.29, 0.717) is 6.04 Å². The highest BCUT2D eigenvalue weighted by Crippen LogP contribution is 2.18. The number of hydrogen-bond donors (Lipinski definition) is 1. The van der Waals surface area contributed by atoms with Gasteiger partial charge in [-0.25, -0.2) is 9.97 Å². The van der Waals surface area contributed by atoms with Crippen molar-refractivity contribution in [2.75, 3.05) is 0 Å². The fraction of sp³-hybridized carbons (Fsp3) is 0.538. The van der Waals surface area contributed by atoms with Crippen LogP contribution in [0.2, 0.25) is 0 Å². The van der Waals surface area contributed by atoms with Crippen LogP contribution < -0.4 is 5.32 Å². The van der Waals surface area contributed by atoms with Crippen LogP contribution in [0, 0.1) is 6.92 Å². The van der Waals surface area contributed by atoms with Gasteiger partial charge >= 0.3 is 0 Å². The Kier molecular flexibility index (Phi) is 4.49. The van der Waals surface area contributed by atoms with Crippen LogP contribution in [-0.4, -0.2) is 20.6 Å². The van der Waals surface area contributed by atoms with Crippen molar-refractivity contribution in [3.05, 3.63) is 34.3 Å². The fourth-order valence-electron chi connectivity index (χ4n) is 1.97. The van der Waals surface area contributed by atoms with E-state index in [9.17, 15) is 0 Å². The minimum absolute atomic E-state index is 0.423. The molecule has 0 saturated heterocycles. The van der Waals surface area contributed by atoms with Crippen LogP contribution in [-0.2, 0) is 19.5 Å². The van der Waals surface area contributed by atoms with Gasteiger partial charge in [0.25, 0.3) is 0 Å².